The van der Waals surface area contributed by atoms with Gasteiger partial charge in [-0.15, -0.1) is 0 Å². The van der Waals surface area contributed by atoms with Gasteiger partial charge in [-0.1, -0.05) is 13.8 Å². The number of aromatic nitrogens is 1. The van der Waals surface area contributed by atoms with E-state index in [2.05, 4.69) is 42.5 Å². The summed E-state index contributed by atoms with van der Waals surface area (Å²) >= 11 is 0. The van der Waals surface area contributed by atoms with Crippen molar-refractivity contribution in [3.8, 4) is 0 Å². The van der Waals surface area contributed by atoms with Gasteiger partial charge in [0.05, 0.1) is 5.56 Å². The number of halogens is 3. The zero-order valence-corrected chi connectivity index (χ0v) is 13.6. The average Bonchev–Trinajstić information content (AvgIpc) is 2.39. The minimum absolute atomic E-state index is 0.0209. The van der Waals surface area contributed by atoms with Crippen LogP contribution in [0.5, 0.6) is 0 Å². The van der Waals surface area contributed by atoms with Crippen LogP contribution in [0.25, 0.3) is 0 Å². The summed E-state index contributed by atoms with van der Waals surface area (Å²) in [6.45, 7) is 12.2. The number of hydrogen-bond acceptors (Lipinski definition) is 3. The molecule has 1 aromatic rings. The second-order valence-electron chi connectivity index (χ2n) is 6.98. The monoisotopic (exact) mass is 315 g/mol. The molecule has 124 valence electrons. The number of hydrogen-bond donors (Lipinski definition) is 0. The average molecular weight is 315 g/mol. The highest BCUT2D eigenvalue weighted by Crippen LogP contribution is 2.30. The molecule has 0 N–H and O–H groups in total. The van der Waals surface area contributed by atoms with Crippen LogP contribution < -0.4 is 4.90 Å². The number of rotatable bonds is 3. The van der Waals surface area contributed by atoms with Gasteiger partial charge in [0.15, 0.2) is 0 Å². The van der Waals surface area contributed by atoms with Crippen LogP contribution in [-0.2, 0) is 6.18 Å². The highest BCUT2D eigenvalue weighted by Gasteiger charge is 2.35. The third-order valence-corrected chi connectivity index (χ3v) is 4.06. The molecule has 0 spiro atoms. The first-order chi connectivity index (χ1) is 10.1. The Morgan fingerprint density at radius 2 is 1.91 bits per heavy atom. The minimum Gasteiger partial charge on any atom is -0.354 e. The Morgan fingerprint density at radius 3 is 2.36 bits per heavy atom. The summed E-state index contributed by atoms with van der Waals surface area (Å²) < 4.78 is 37.8. The third-order valence-electron chi connectivity index (χ3n) is 4.06. The maximum Gasteiger partial charge on any atom is 0.417 e. The highest BCUT2D eigenvalue weighted by molar-refractivity contribution is 5.41. The molecular formula is C16H24F3N3. The molecule has 1 saturated heterocycles. The SMILES string of the molecule is CC(C)CN1CCN(c2ccc(C(F)(F)F)cn2)CC1(C)C. The van der Waals surface area contributed by atoms with E-state index in [-0.39, 0.29) is 5.54 Å². The lowest BCUT2D eigenvalue weighted by atomic mass is 9.97. The molecule has 6 heteroatoms. The van der Waals surface area contributed by atoms with Gasteiger partial charge in [-0.3, -0.25) is 4.90 Å². The Bertz CT molecular complexity index is 494. The van der Waals surface area contributed by atoms with Gasteiger partial charge in [0, 0.05) is 37.9 Å². The smallest absolute Gasteiger partial charge is 0.354 e. The van der Waals surface area contributed by atoms with Crippen LogP contribution >= 0.6 is 0 Å². The number of alkyl halides is 3. The van der Waals surface area contributed by atoms with Crippen LogP contribution in [0.2, 0.25) is 0 Å². The van der Waals surface area contributed by atoms with Crippen molar-refractivity contribution in [3.63, 3.8) is 0 Å². The highest BCUT2D eigenvalue weighted by atomic mass is 19.4. The molecule has 1 aromatic heterocycles. The molecule has 0 atom stereocenters. The number of pyridine rings is 1. The first kappa shape index (κ1) is 17.1. The summed E-state index contributed by atoms with van der Waals surface area (Å²) in [6, 6.07) is 2.58. The predicted molar refractivity (Wildman–Crippen MR) is 81.9 cm³/mol. The molecule has 1 fully saturated rings. The van der Waals surface area contributed by atoms with Gasteiger partial charge in [-0.25, -0.2) is 4.98 Å². The molecule has 3 nitrogen and oxygen atoms in total. The van der Waals surface area contributed by atoms with Crippen molar-refractivity contribution in [1.82, 2.24) is 9.88 Å². The van der Waals surface area contributed by atoms with Gasteiger partial charge in [0.1, 0.15) is 5.82 Å². The van der Waals surface area contributed by atoms with Crippen molar-refractivity contribution >= 4 is 5.82 Å². The van der Waals surface area contributed by atoms with E-state index in [1.165, 1.54) is 6.07 Å². The van der Waals surface area contributed by atoms with Crippen LogP contribution in [0, 0.1) is 5.92 Å². The molecule has 1 aliphatic rings. The molecule has 1 aliphatic heterocycles. The largest absolute Gasteiger partial charge is 0.417 e. The van der Waals surface area contributed by atoms with Crippen molar-refractivity contribution in [3.05, 3.63) is 23.9 Å². The summed E-state index contributed by atoms with van der Waals surface area (Å²) in [5.74, 6) is 1.21. The lowest BCUT2D eigenvalue weighted by Gasteiger charge is -2.48. The zero-order chi connectivity index (χ0) is 16.5. The summed E-state index contributed by atoms with van der Waals surface area (Å²) in [7, 11) is 0. The summed E-state index contributed by atoms with van der Waals surface area (Å²) in [4.78, 5) is 8.52. The van der Waals surface area contributed by atoms with Gasteiger partial charge >= 0.3 is 6.18 Å². The first-order valence-corrected chi connectivity index (χ1v) is 7.63. The van der Waals surface area contributed by atoms with Crippen LogP contribution in [0.1, 0.15) is 33.3 Å². The fourth-order valence-corrected chi connectivity index (χ4v) is 2.91. The maximum atomic E-state index is 12.6. The topological polar surface area (TPSA) is 19.4 Å². The van der Waals surface area contributed by atoms with Crippen molar-refractivity contribution in [1.29, 1.82) is 0 Å². The van der Waals surface area contributed by atoms with E-state index in [0.29, 0.717) is 11.7 Å². The van der Waals surface area contributed by atoms with Gasteiger partial charge < -0.3 is 4.90 Å². The fraction of sp³-hybridized carbons (Fsp3) is 0.688. The summed E-state index contributed by atoms with van der Waals surface area (Å²) in [6.07, 6.45) is -3.41. The molecule has 0 aliphatic carbocycles. The Kier molecular flexibility index (Phi) is 4.70. The second kappa shape index (κ2) is 6.07. The molecule has 0 aromatic carbocycles. The van der Waals surface area contributed by atoms with Crippen LogP contribution in [0.3, 0.4) is 0 Å². The molecule has 0 radical (unpaired) electrons. The quantitative estimate of drug-likeness (QED) is 0.848. The molecule has 2 heterocycles. The summed E-state index contributed by atoms with van der Waals surface area (Å²) in [5.41, 5.74) is -0.721. The van der Waals surface area contributed by atoms with Crippen LogP contribution in [0.4, 0.5) is 19.0 Å². The Labute approximate surface area is 130 Å². The lowest BCUT2D eigenvalue weighted by molar-refractivity contribution is -0.137. The van der Waals surface area contributed by atoms with Gasteiger partial charge in [0.25, 0.3) is 0 Å². The van der Waals surface area contributed by atoms with Crippen molar-refractivity contribution < 1.29 is 13.2 Å². The Balaban J connectivity index is 2.09. The second-order valence-corrected chi connectivity index (χ2v) is 6.98. The molecule has 0 amide bonds. The Morgan fingerprint density at radius 1 is 1.23 bits per heavy atom. The van der Waals surface area contributed by atoms with Gasteiger partial charge in [-0.2, -0.15) is 13.2 Å². The van der Waals surface area contributed by atoms with Crippen molar-refractivity contribution in [2.75, 3.05) is 31.1 Å². The number of piperazine rings is 1. The predicted octanol–water partition coefficient (Wildman–Crippen LogP) is 3.66. The molecule has 0 unspecified atom stereocenters. The van der Waals surface area contributed by atoms with E-state index < -0.39 is 11.7 Å². The number of anilines is 1. The van der Waals surface area contributed by atoms with Crippen LogP contribution in [0.15, 0.2) is 18.3 Å². The van der Waals surface area contributed by atoms with Gasteiger partial charge in [-0.05, 0) is 31.9 Å². The fourth-order valence-electron chi connectivity index (χ4n) is 2.91. The van der Waals surface area contributed by atoms with E-state index in [1.54, 1.807) is 0 Å². The number of nitrogens with zero attached hydrogens (tertiary/aromatic N) is 3. The first-order valence-electron chi connectivity index (χ1n) is 7.63. The van der Waals surface area contributed by atoms with E-state index in [0.717, 1.165) is 38.4 Å². The minimum atomic E-state index is -4.33. The standard InChI is InChI=1S/C16H24F3N3/c1-12(2)10-22-8-7-21(11-15(22,3)4)14-6-5-13(9-20-14)16(17,18)19/h5-6,9,12H,7-8,10-11H2,1-4H3. The summed E-state index contributed by atoms with van der Waals surface area (Å²) in [5, 5.41) is 0. The molecule has 22 heavy (non-hydrogen) atoms. The molecule has 0 saturated carbocycles. The van der Waals surface area contributed by atoms with E-state index >= 15 is 0 Å². The van der Waals surface area contributed by atoms with Crippen molar-refractivity contribution in [2.24, 2.45) is 5.92 Å². The van der Waals surface area contributed by atoms with Gasteiger partial charge in [0.2, 0.25) is 0 Å². The normalized spacial score (nSPS) is 19.7. The molecule has 2 rings (SSSR count). The zero-order valence-electron chi connectivity index (χ0n) is 13.6. The van der Waals surface area contributed by atoms with E-state index in [1.807, 2.05) is 0 Å². The Hall–Kier alpha value is -1.30. The van der Waals surface area contributed by atoms with Crippen molar-refractivity contribution in [2.45, 2.75) is 39.4 Å². The molecule has 0 bridgehead atoms. The maximum absolute atomic E-state index is 12.6. The van der Waals surface area contributed by atoms with E-state index in [9.17, 15) is 13.2 Å². The third kappa shape index (κ3) is 3.91. The lowest BCUT2D eigenvalue weighted by Crippen LogP contribution is -2.60. The molecular weight excluding hydrogens is 291 g/mol. The van der Waals surface area contributed by atoms with E-state index in [4.69, 9.17) is 0 Å². The van der Waals surface area contributed by atoms with Crippen LogP contribution in [-0.4, -0.2) is 41.6 Å².